The van der Waals surface area contributed by atoms with Crippen LogP contribution in [0.3, 0.4) is 0 Å². The van der Waals surface area contributed by atoms with Crippen molar-refractivity contribution >= 4 is 0 Å². The van der Waals surface area contributed by atoms with Crippen molar-refractivity contribution in [3.05, 3.63) is 91.0 Å². The molecule has 0 bridgehead atoms. The largest absolute Gasteiger partial charge is 0.490 e. The van der Waals surface area contributed by atoms with Gasteiger partial charge in [0.25, 0.3) is 0 Å². The van der Waals surface area contributed by atoms with E-state index in [1.54, 1.807) is 12.2 Å². The molecule has 2 rings (SSSR count). The highest BCUT2D eigenvalue weighted by Gasteiger charge is 2.26. The lowest BCUT2D eigenvalue weighted by atomic mass is 9.92. The molecule has 0 amide bonds. The maximum absolute atomic E-state index is 6.44. The van der Waals surface area contributed by atoms with Gasteiger partial charge in [0.05, 0.1) is 44.7 Å². The maximum Gasteiger partial charge on any atom is 0.123 e. The molecule has 0 N–H and O–H groups in total. The molecule has 222 valence electrons. The van der Waals surface area contributed by atoms with Gasteiger partial charge in [-0.15, -0.1) is 13.2 Å². The summed E-state index contributed by atoms with van der Waals surface area (Å²) in [5, 5.41) is 0. The molecular formula is C34H50O6. The molecule has 2 aromatic rings. The van der Waals surface area contributed by atoms with Gasteiger partial charge in [0.2, 0.25) is 0 Å². The SMILES string of the molecule is C=CCOCC(COc1ccccc1C(C)c1ccccc1)OCC(COCC=C)OC(C)(C)CCOC(C)C. The monoisotopic (exact) mass is 554 g/mol. The molecule has 0 fully saturated rings. The van der Waals surface area contributed by atoms with Crippen LogP contribution in [-0.4, -0.2) is 70.2 Å². The van der Waals surface area contributed by atoms with E-state index >= 15 is 0 Å². The molecule has 6 nitrogen and oxygen atoms in total. The highest BCUT2D eigenvalue weighted by molar-refractivity contribution is 5.41. The smallest absolute Gasteiger partial charge is 0.123 e. The fourth-order valence-electron chi connectivity index (χ4n) is 4.19. The quantitative estimate of drug-likeness (QED) is 0.116. The van der Waals surface area contributed by atoms with Crippen molar-refractivity contribution in [1.29, 1.82) is 0 Å². The zero-order valence-electron chi connectivity index (χ0n) is 25.2. The summed E-state index contributed by atoms with van der Waals surface area (Å²) in [6.07, 6.45) is 3.81. The lowest BCUT2D eigenvalue weighted by molar-refractivity contribution is -0.149. The second-order valence-corrected chi connectivity index (χ2v) is 10.8. The van der Waals surface area contributed by atoms with Gasteiger partial charge in [-0.3, -0.25) is 0 Å². The van der Waals surface area contributed by atoms with Crippen LogP contribution in [0.5, 0.6) is 5.75 Å². The van der Waals surface area contributed by atoms with E-state index in [9.17, 15) is 0 Å². The highest BCUT2D eigenvalue weighted by atomic mass is 16.6. The summed E-state index contributed by atoms with van der Waals surface area (Å²) < 4.78 is 36.4. The van der Waals surface area contributed by atoms with Gasteiger partial charge in [0, 0.05) is 18.1 Å². The molecule has 0 aliphatic rings. The molecule has 40 heavy (non-hydrogen) atoms. The van der Waals surface area contributed by atoms with Crippen molar-refractivity contribution in [3.8, 4) is 5.75 Å². The Hall–Kier alpha value is -2.48. The molecule has 0 aromatic heterocycles. The molecule has 0 saturated carbocycles. The third-order valence-corrected chi connectivity index (χ3v) is 6.35. The number of para-hydroxylation sites is 1. The fourth-order valence-corrected chi connectivity index (χ4v) is 4.19. The predicted octanol–water partition coefficient (Wildman–Crippen LogP) is 6.99. The van der Waals surface area contributed by atoms with Crippen molar-refractivity contribution in [1.82, 2.24) is 0 Å². The minimum atomic E-state index is -0.404. The number of rotatable bonds is 22. The second kappa shape index (κ2) is 18.8. The average molecular weight is 555 g/mol. The summed E-state index contributed by atoms with van der Waals surface area (Å²) in [4.78, 5) is 0. The van der Waals surface area contributed by atoms with Gasteiger partial charge < -0.3 is 28.4 Å². The van der Waals surface area contributed by atoms with E-state index in [1.165, 1.54) is 5.56 Å². The summed E-state index contributed by atoms with van der Waals surface area (Å²) in [6, 6.07) is 18.6. The Kier molecular flexibility index (Phi) is 15.8. The molecule has 3 unspecified atom stereocenters. The first-order valence-corrected chi connectivity index (χ1v) is 14.3. The van der Waals surface area contributed by atoms with Crippen LogP contribution >= 0.6 is 0 Å². The van der Waals surface area contributed by atoms with E-state index in [-0.39, 0.29) is 24.2 Å². The summed E-state index contributed by atoms with van der Waals surface area (Å²) in [6.45, 7) is 20.8. The van der Waals surface area contributed by atoms with Crippen LogP contribution < -0.4 is 4.74 Å². The molecule has 0 aliphatic carbocycles. The van der Waals surface area contributed by atoms with E-state index in [4.69, 9.17) is 28.4 Å². The molecule has 2 aromatic carbocycles. The molecule has 0 aliphatic heterocycles. The molecule has 6 heteroatoms. The molecule has 3 atom stereocenters. The van der Waals surface area contributed by atoms with Gasteiger partial charge in [-0.05, 0) is 45.7 Å². The third kappa shape index (κ3) is 13.2. The van der Waals surface area contributed by atoms with Gasteiger partial charge in [0.15, 0.2) is 0 Å². The van der Waals surface area contributed by atoms with Crippen molar-refractivity contribution < 1.29 is 28.4 Å². The van der Waals surface area contributed by atoms with Crippen molar-refractivity contribution in [2.75, 3.05) is 46.2 Å². The van der Waals surface area contributed by atoms with Gasteiger partial charge >= 0.3 is 0 Å². The number of hydrogen-bond acceptors (Lipinski definition) is 6. The van der Waals surface area contributed by atoms with Crippen molar-refractivity contribution in [2.24, 2.45) is 0 Å². The van der Waals surface area contributed by atoms with Crippen LogP contribution in [0.4, 0.5) is 0 Å². The van der Waals surface area contributed by atoms with Gasteiger partial charge in [-0.2, -0.15) is 0 Å². The minimum Gasteiger partial charge on any atom is -0.490 e. The first-order chi connectivity index (χ1) is 19.3. The Balaban J connectivity index is 2.07. The molecule has 0 heterocycles. The lowest BCUT2D eigenvalue weighted by Gasteiger charge is -2.32. The lowest BCUT2D eigenvalue weighted by Crippen LogP contribution is -2.39. The Labute approximate surface area is 242 Å². The van der Waals surface area contributed by atoms with Crippen LogP contribution in [0.15, 0.2) is 79.9 Å². The average Bonchev–Trinajstić information content (AvgIpc) is 2.94. The molecule has 0 radical (unpaired) electrons. The van der Waals surface area contributed by atoms with Gasteiger partial charge in [-0.1, -0.05) is 67.6 Å². The van der Waals surface area contributed by atoms with Crippen molar-refractivity contribution in [3.63, 3.8) is 0 Å². The van der Waals surface area contributed by atoms with Crippen LogP contribution in [0.1, 0.15) is 58.1 Å². The zero-order chi connectivity index (χ0) is 29.2. The van der Waals surface area contributed by atoms with Crippen molar-refractivity contribution in [2.45, 2.75) is 70.9 Å². The Morgan fingerprint density at radius 3 is 2.02 bits per heavy atom. The molecule has 0 saturated heterocycles. The summed E-state index contributed by atoms with van der Waals surface area (Å²) in [5.41, 5.74) is 1.96. The van der Waals surface area contributed by atoms with E-state index in [0.717, 1.165) is 17.7 Å². The zero-order valence-corrected chi connectivity index (χ0v) is 25.2. The van der Waals surface area contributed by atoms with Crippen LogP contribution in [-0.2, 0) is 23.7 Å². The first kappa shape index (κ1) is 33.7. The van der Waals surface area contributed by atoms with Gasteiger partial charge in [-0.25, -0.2) is 0 Å². The van der Waals surface area contributed by atoms with E-state index < -0.39 is 5.60 Å². The van der Waals surface area contributed by atoms with Gasteiger partial charge in [0.1, 0.15) is 24.6 Å². The number of ether oxygens (including phenoxy) is 6. The Bertz CT molecular complexity index is 958. The van der Waals surface area contributed by atoms with E-state index in [1.807, 2.05) is 38.1 Å². The Morgan fingerprint density at radius 2 is 1.38 bits per heavy atom. The van der Waals surface area contributed by atoms with E-state index in [2.05, 4.69) is 64.3 Å². The molecular weight excluding hydrogens is 504 g/mol. The highest BCUT2D eigenvalue weighted by Crippen LogP contribution is 2.31. The maximum atomic E-state index is 6.44. The summed E-state index contributed by atoms with van der Waals surface area (Å²) in [5.74, 6) is 1.03. The normalized spacial score (nSPS) is 14.1. The topological polar surface area (TPSA) is 55.4 Å². The summed E-state index contributed by atoms with van der Waals surface area (Å²) in [7, 11) is 0. The minimum absolute atomic E-state index is 0.183. The fraction of sp³-hybridized carbons (Fsp3) is 0.529. The standard InChI is InChI=1S/C34H50O6/c1-8-20-35-23-30(25-39-33-18-14-13-17-32(33)28(5)29-15-11-10-12-16-29)38-26-31(24-36-21-9-2)40-34(6,7)19-22-37-27(3)4/h8-18,27-28,30-31H,1-2,19-26H2,3-7H3. The number of hydrogen-bond donors (Lipinski definition) is 0. The van der Waals surface area contributed by atoms with Crippen LogP contribution in [0.2, 0.25) is 0 Å². The third-order valence-electron chi connectivity index (χ3n) is 6.35. The molecule has 0 spiro atoms. The van der Waals surface area contributed by atoms with E-state index in [0.29, 0.717) is 46.2 Å². The summed E-state index contributed by atoms with van der Waals surface area (Å²) >= 11 is 0. The predicted molar refractivity (Wildman–Crippen MR) is 162 cm³/mol. The second-order valence-electron chi connectivity index (χ2n) is 10.8. The first-order valence-electron chi connectivity index (χ1n) is 14.3. The Morgan fingerprint density at radius 1 is 0.750 bits per heavy atom. The van der Waals surface area contributed by atoms with Crippen LogP contribution in [0.25, 0.3) is 0 Å². The number of benzene rings is 2. The van der Waals surface area contributed by atoms with Crippen LogP contribution in [0, 0.1) is 0 Å².